The summed E-state index contributed by atoms with van der Waals surface area (Å²) in [7, 11) is 0. The van der Waals surface area contributed by atoms with E-state index in [0.717, 1.165) is 0 Å². The maximum absolute atomic E-state index is 12.1. The summed E-state index contributed by atoms with van der Waals surface area (Å²) in [6.45, 7) is 7.94. The van der Waals surface area contributed by atoms with E-state index in [2.05, 4.69) is 5.32 Å². The number of carboxylic acid groups (broad SMARTS) is 1. The molecule has 0 fully saturated rings. The molecule has 1 aromatic heterocycles. The second kappa shape index (κ2) is 5.25. The molecule has 1 amide bonds. The van der Waals surface area contributed by atoms with Crippen LogP contribution in [0.15, 0.2) is 18.3 Å². The molecule has 1 aromatic rings. The highest BCUT2D eigenvalue weighted by molar-refractivity contribution is 5.95. The number of aromatic nitrogens is 1. The zero-order valence-electron chi connectivity index (χ0n) is 11.2. The number of hydrogen-bond acceptors (Lipinski definition) is 2. The SMILES string of the molecule is CCn1cccc1C(=O)N[C@H](C(=O)O)C(C)(C)C. The Balaban J connectivity index is 2.89. The van der Waals surface area contributed by atoms with E-state index >= 15 is 0 Å². The van der Waals surface area contributed by atoms with E-state index in [1.54, 1.807) is 43.7 Å². The van der Waals surface area contributed by atoms with E-state index in [1.165, 1.54) is 0 Å². The van der Waals surface area contributed by atoms with Crippen molar-refractivity contribution >= 4 is 11.9 Å². The third kappa shape index (κ3) is 3.12. The van der Waals surface area contributed by atoms with Crippen LogP contribution in [-0.2, 0) is 11.3 Å². The second-order valence-electron chi connectivity index (χ2n) is 5.29. The Hall–Kier alpha value is -1.78. The lowest BCUT2D eigenvalue weighted by Crippen LogP contribution is -2.49. The first kappa shape index (κ1) is 14.3. The van der Waals surface area contributed by atoms with E-state index in [4.69, 9.17) is 5.11 Å². The number of carbonyl (C=O) groups excluding carboxylic acids is 1. The molecule has 0 saturated heterocycles. The Morgan fingerprint density at radius 1 is 1.44 bits per heavy atom. The topological polar surface area (TPSA) is 71.3 Å². The highest BCUT2D eigenvalue weighted by Gasteiger charge is 2.33. The highest BCUT2D eigenvalue weighted by atomic mass is 16.4. The normalized spacial score (nSPS) is 13.1. The number of carboxylic acids is 1. The molecule has 0 aromatic carbocycles. The van der Waals surface area contributed by atoms with Gasteiger partial charge >= 0.3 is 5.97 Å². The van der Waals surface area contributed by atoms with Crippen LogP contribution in [-0.4, -0.2) is 27.6 Å². The zero-order valence-corrected chi connectivity index (χ0v) is 11.2. The molecule has 0 aliphatic carbocycles. The molecule has 1 atom stereocenters. The summed E-state index contributed by atoms with van der Waals surface area (Å²) < 4.78 is 1.77. The lowest BCUT2D eigenvalue weighted by molar-refractivity contribution is -0.142. The summed E-state index contributed by atoms with van der Waals surface area (Å²) in [5.74, 6) is -1.38. The molecule has 1 rings (SSSR count). The summed E-state index contributed by atoms with van der Waals surface area (Å²) in [5.41, 5.74) is -0.0569. The van der Waals surface area contributed by atoms with Crippen molar-refractivity contribution in [3.8, 4) is 0 Å². The van der Waals surface area contributed by atoms with Gasteiger partial charge in [0.2, 0.25) is 0 Å². The van der Waals surface area contributed by atoms with Crippen molar-refractivity contribution in [2.45, 2.75) is 40.3 Å². The van der Waals surface area contributed by atoms with Crippen LogP contribution in [0, 0.1) is 5.41 Å². The third-order valence-corrected chi connectivity index (χ3v) is 2.79. The Morgan fingerprint density at radius 2 is 2.06 bits per heavy atom. The van der Waals surface area contributed by atoms with E-state index in [0.29, 0.717) is 12.2 Å². The molecule has 5 nitrogen and oxygen atoms in total. The fourth-order valence-electron chi connectivity index (χ4n) is 1.75. The smallest absolute Gasteiger partial charge is 0.326 e. The van der Waals surface area contributed by atoms with Gasteiger partial charge in [0.25, 0.3) is 5.91 Å². The maximum Gasteiger partial charge on any atom is 0.326 e. The summed E-state index contributed by atoms with van der Waals surface area (Å²) >= 11 is 0. The minimum atomic E-state index is -1.02. The van der Waals surface area contributed by atoms with Gasteiger partial charge in [-0.15, -0.1) is 0 Å². The van der Waals surface area contributed by atoms with Crippen molar-refractivity contribution < 1.29 is 14.7 Å². The minimum absolute atomic E-state index is 0.357. The van der Waals surface area contributed by atoms with Crippen molar-refractivity contribution in [3.05, 3.63) is 24.0 Å². The van der Waals surface area contributed by atoms with Gasteiger partial charge in [0.15, 0.2) is 0 Å². The van der Waals surface area contributed by atoms with Crippen LogP contribution < -0.4 is 5.32 Å². The van der Waals surface area contributed by atoms with Gasteiger partial charge in [-0.25, -0.2) is 4.79 Å². The van der Waals surface area contributed by atoms with Gasteiger partial charge in [-0.2, -0.15) is 0 Å². The first-order valence-corrected chi connectivity index (χ1v) is 5.96. The molecule has 100 valence electrons. The van der Waals surface area contributed by atoms with Gasteiger partial charge in [0.1, 0.15) is 11.7 Å². The van der Waals surface area contributed by atoms with E-state index in [1.807, 2.05) is 6.92 Å². The lowest BCUT2D eigenvalue weighted by Gasteiger charge is -2.27. The molecule has 0 aliphatic rings. The average molecular weight is 252 g/mol. The standard InChI is InChI=1S/C13H20N2O3/c1-5-15-8-6-7-9(15)11(16)14-10(12(17)18)13(2,3)4/h6-8,10H,5H2,1-4H3,(H,14,16)(H,17,18)/t10-/m1/s1. The quantitative estimate of drug-likeness (QED) is 0.857. The number of nitrogens with zero attached hydrogens (tertiary/aromatic N) is 1. The summed E-state index contributed by atoms with van der Waals surface area (Å²) in [4.78, 5) is 23.2. The van der Waals surface area contributed by atoms with Gasteiger partial charge in [-0.3, -0.25) is 4.79 Å². The van der Waals surface area contributed by atoms with Crippen molar-refractivity contribution in [2.24, 2.45) is 5.41 Å². The number of rotatable bonds is 4. The van der Waals surface area contributed by atoms with Gasteiger partial charge in [-0.1, -0.05) is 20.8 Å². The Bertz CT molecular complexity index is 443. The summed E-state index contributed by atoms with van der Waals surface area (Å²) in [5, 5.41) is 11.7. The number of aryl methyl sites for hydroxylation is 1. The molecular weight excluding hydrogens is 232 g/mol. The van der Waals surface area contributed by atoms with Gasteiger partial charge < -0.3 is 15.0 Å². The molecule has 0 saturated carbocycles. The third-order valence-electron chi connectivity index (χ3n) is 2.79. The molecule has 0 aliphatic heterocycles. The first-order chi connectivity index (χ1) is 8.27. The molecule has 2 N–H and O–H groups in total. The van der Waals surface area contributed by atoms with Crippen LogP contribution in [0.4, 0.5) is 0 Å². The molecule has 0 bridgehead atoms. The van der Waals surface area contributed by atoms with Crippen molar-refractivity contribution in [3.63, 3.8) is 0 Å². The summed E-state index contributed by atoms with van der Waals surface area (Å²) in [6, 6.07) is 2.54. The molecule has 5 heteroatoms. The van der Waals surface area contributed by atoms with Crippen LogP contribution >= 0.6 is 0 Å². The molecule has 18 heavy (non-hydrogen) atoms. The van der Waals surface area contributed by atoms with Crippen molar-refractivity contribution in [1.29, 1.82) is 0 Å². The Morgan fingerprint density at radius 3 is 2.50 bits per heavy atom. The van der Waals surface area contributed by atoms with Crippen LogP contribution in [0.2, 0.25) is 0 Å². The molecule has 1 heterocycles. The zero-order chi connectivity index (χ0) is 13.9. The number of aliphatic carboxylic acids is 1. The largest absolute Gasteiger partial charge is 0.480 e. The second-order valence-corrected chi connectivity index (χ2v) is 5.29. The van der Waals surface area contributed by atoms with E-state index in [9.17, 15) is 9.59 Å². The van der Waals surface area contributed by atoms with E-state index < -0.39 is 17.4 Å². The Kier molecular flexibility index (Phi) is 4.16. The van der Waals surface area contributed by atoms with Gasteiger partial charge in [-0.05, 0) is 24.5 Å². The van der Waals surface area contributed by atoms with Crippen LogP contribution in [0.3, 0.4) is 0 Å². The molecule has 0 radical (unpaired) electrons. The molecule has 0 spiro atoms. The van der Waals surface area contributed by atoms with Crippen LogP contribution in [0.1, 0.15) is 38.2 Å². The fraction of sp³-hybridized carbons (Fsp3) is 0.538. The van der Waals surface area contributed by atoms with Crippen LogP contribution in [0.5, 0.6) is 0 Å². The number of carbonyl (C=O) groups is 2. The molecular formula is C13H20N2O3. The van der Waals surface area contributed by atoms with Crippen LogP contribution in [0.25, 0.3) is 0 Å². The Labute approximate surface area is 107 Å². The van der Waals surface area contributed by atoms with Gasteiger partial charge in [0, 0.05) is 12.7 Å². The minimum Gasteiger partial charge on any atom is -0.480 e. The first-order valence-electron chi connectivity index (χ1n) is 5.96. The average Bonchev–Trinajstić information content (AvgIpc) is 2.71. The fourth-order valence-corrected chi connectivity index (χ4v) is 1.75. The molecule has 0 unspecified atom stereocenters. The van der Waals surface area contributed by atoms with Gasteiger partial charge in [0.05, 0.1) is 0 Å². The predicted molar refractivity (Wildman–Crippen MR) is 68.5 cm³/mol. The summed E-state index contributed by atoms with van der Waals surface area (Å²) in [6.07, 6.45) is 1.79. The van der Waals surface area contributed by atoms with Crippen molar-refractivity contribution in [1.82, 2.24) is 9.88 Å². The number of hydrogen-bond donors (Lipinski definition) is 2. The predicted octanol–water partition coefficient (Wildman–Crippen LogP) is 1.74. The lowest BCUT2D eigenvalue weighted by atomic mass is 9.86. The number of amides is 1. The van der Waals surface area contributed by atoms with Crippen molar-refractivity contribution in [2.75, 3.05) is 0 Å². The highest BCUT2D eigenvalue weighted by Crippen LogP contribution is 2.20. The maximum atomic E-state index is 12.1. The van der Waals surface area contributed by atoms with E-state index in [-0.39, 0.29) is 5.91 Å². The monoisotopic (exact) mass is 252 g/mol. The number of nitrogens with one attached hydrogen (secondary N) is 1.